The zero-order valence-electron chi connectivity index (χ0n) is 8.82. The van der Waals surface area contributed by atoms with Crippen LogP contribution in [0.25, 0.3) is 0 Å². The molecule has 0 atom stereocenters. The van der Waals surface area contributed by atoms with Crippen molar-refractivity contribution in [3.8, 4) is 0 Å². The molecule has 1 N–H and O–H groups in total. The summed E-state index contributed by atoms with van der Waals surface area (Å²) >= 11 is 16.7. The summed E-state index contributed by atoms with van der Waals surface area (Å²) in [6.07, 6.45) is 1.64. The van der Waals surface area contributed by atoms with Gasteiger partial charge in [0.1, 0.15) is 5.82 Å². The first-order valence-electron chi connectivity index (χ1n) is 4.71. The number of rotatable bonds is 2. The normalized spacial score (nSPS) is 11.2. The summed E-state index contributed by atoms with van der Waals surface area (Å²) in [5.74, 6) is 0.686. The van der Waals surface area contributed by atoms with Crippen LogP contribution in [0, 0.1) is 11.7 Å². The standard InChI is InChI=1S/C10H8Cl2N4S/c1-6-14-15-10(17)16(6)13-5-7-2-3-8(11)9(12)4-7/h2-5H,1H3,(H,15,17)/b13-5-. The van der Waals surface area contributed by atoms with Crippen LogP contribution in [-0.2, 0) is 0 Å². The monoisotopic (exact) mass is 286 g/mol. The second-order valence-corrected chi connectivity index (χ2v) is 4.51. The molecule has 0 aliphatic rings. The van der Waals surface area contributed by atoms with Crippen LogP contribution in [0.3, 0.4) is 0 Å². The van der Waals surface area contributed by atoms with E-state index in [1.54, 1.807) is 25.3 Å². The smallest absolute Gasteiger partial charge is 0.216 e. The highest BCUT2D eigenvalue weighted by atomic mass is 35.5. The van der Waals surface area contributed by atoms with E-state index in [0.717, 1.165) is 5.56 Å². The van der Waals surface area contributed by atoms with Crippen molar-refractivity contribution < 1.29 is 0 Å². The second-order valence-electron chi connectivity index (χ2n) is 3.31. The Labute approximate surface area is 113 Å². The number of hydrogen-bond donors (Lipinski definition) is 1. The third-order valence-electron chi connectivity index (χ3n) is 2.08. The molecular weight excluding hydrogens is 279 g/mol. The second kappa shape index (κ2) is 5.00. The van der Waals surface area contributed by atoms with Crippen LogP contribution in [0.1, 0.15) is 11.4 Å². The van der Waals surface area contributed by atoms with Gasteiger partial charge in [-0.2, -0.15) is 14.9 Å². The minimum atomic E-state index is 0.443. The van der Waals surface area contributed by atoms with Crippen molar-refractivity contribution in [2.24, 2.45) is 5.10 Å². The molecule has 88 valence electrons. The number of nitrogens with one attached hydrogen (secondary N) is 1. The molecular formula is C10H8Cl2N4S. The highest BCUT2D eigenvalue weighted by molar-refractivity contribution is 7.71. The molecule has 1 aromatic heterocycles. The van der Waals surface area contributed by atoms with Gasteiger partial charge in [0, 0.05) is 0 Å². The number of hydrogen-bond acceptors (Lipinski definition) is 3. The summed E-state index contributed by atoms with van der Waals surface area (Å²) in [6.45, 7) is 1.80. The van der Waals surface area contributed by atoms with E-state index in [-0.39, 0.29) is 0 Å². The lowest BCUT2D eigenvalue weighted by Crippen LogP contribution is -1.93. The van der Waals surface area contributed by atoms with Gasteiger partial charge in [0.2, 0.25) is 4.77 Å². The predicted octanol–water partition coefficient (Wildman–Crippen LogP) is 3.44. The molecule has 1 heterocycles. The molecule has 1 aromatic carbocycles. The van der Waals surface area contributed by atoms with Gasteiger partial charge in [-0.25, -0.2) is 0 Å². The van der Waals surface area contributed by atoms with Gasteiger partial charge in [0.05, 0.1) is 16.3 Å². The molecule has 0 radical (unpaired) electrons. The summed E-state index contributed by atoms with van der Waals surface area (Å²) in [4.78, 5) is 0. The largest absolute Gasteiger partial charge is 0.250 e. The number of aromatic amines is 1. The summed E-state index contributed by atoms with van der Waals surface area (Å²) in [7, 11) is 0. The molecule has 0 aliphatic heterocycles. The van der Waals surface area contributed by atoms with Crippen molar-refractivity contribution in [3.63, 3.8) is 0 Å². The molecule has 0 fully saturated rings. The Morgan fingerprint density at radius 2 is 2.18 bits per heavy atom. The Morgan fingerprint density at radius 3 is 2.76 bits per heavy atom. The Balaban J connectivity index is 2.32. The van der Waals surface area contributed by atoms with E-state index in [9.17, 15) is 0 Å². The van der Waals surface area contributed by atoms with E-state index in [0.29, 0.717) is 20.6 Å². The number of benzene rings is 1. The predicted molar refractivity (Wildman–Crippen MR) is 71.6 cm³/mol. The fraction of sp³-hybridized carbons (Fsp3) is 0.100. The van der Waals surface area contributed by atoms with E-state index in [2.05, 4.69) is 15.3 Å². The van der Waals surface area contributed by atoms with Crippen LogP contribution in [0.15, 0.2) is 23.3 Å². The molecule has 0 unspecified atom stereocenters. The van der Waals surface area contributed by atoms with Crippen LogP contribution in [0.2, 0.25) is 10.0 Å². The Morgan fingerprint density at radius 1 is 1.41 bits per heavy atom. The lowest BCUT2D eigenvalue weighted by molar-refractivity contribution is 0.821. The van der Waals surface area contributed by atoms with Gasteiger partial charge in [0.25, 0.3) is 0 Å². The van der Waals surface area contributed by atoms with E-state index >= 15 is 0 Å². The first kappa shape index (κ1) is 12.3. The molecule has 0 saturated heterocycles. The topological polar surface area (TPSA) is 46.0 Å². The van der Waals surface area contributed by atoms with Gasteiger partial charge >= 0.3 is 0 Å². The summed E-state index contributed by atoms with van der Waals surface area (Å²) in [5, 5.41) is 11.8. The fourth-order valence-corrected chi connectivity index (χ4v) is 1.75. The van der Waals surface area contributed by atoms with Crippen LogP contribution >= 0.6 is 35.4 Å². The molecule has 17 heavy (non-hydrogen) atoms. The van der Waals surface area contributed by atoms with Gasteiger partial charge in [-0.15, -0.1) is 0 Å². The molecule has 0 amide bonds. The van der Waals surface area contributed by atoms with E-state index in [1.807, 2.05) is 6.07 Å². The van der Waals surface area contributed by atoms with Crippen molar-refractivity contribution >= 4 is 41.6 Å². The quantitative estimate of drug-likeness (QED) is 0.679. The number of H-pyrrole nitrogens is 1. The lowest BCUT2D eigenvalue weighted by atomic mass is 10.2. The minimum absolute atomic E-state index is 0.443. The van der Waals surface area contributed by atoms with Gasteiger partial charge in [-0.3, -0.25) is 5.10 Å². The van der Waals surface area contributed by atoms with Gasteiger partial charge in [-0.1, -0.05) is 29.3 Å². The SMILES string of the molecule is Cc1n[nH]c(=S)n1/N=C\c1ccc(Cl)c(Cl)c1. The van der Waals surface area contributed by atoms with Gasteiger partial charge in [0.15, 0.2) is 0 Å². The first-order chi connectivity index (χ1) is 8.08. The molecule has 7 heteroatoms. The van der Waals surface area contributed by atoms with Crippen molar-refractivity contribution in [2.45, 2.75) is 6.92 Å². The van der Waals surface area contributed by atoms with E-state index in [4.69, 9.17) is 35.4 Å². The van der Waals surface area contributed by atoms with Crippen molar-refractivity contribution in [1.29, 1.82) is 0 Å². The molecule has 0 aliphatic carbocycles. The number of halogens is 2. The molecule has 0 bridgehead atoms. The van der Waals surface area contributed by atoms with E-state index in [1.165, 1.54) is 4.68 Å². The first-order valence-corrected chi connectivity index (χ1v) is 5.88. The van der Waals surface area contributed by atoms with Crippen LogP contribution in [0.4, 0.5) is 0 Å². The zero-order chi connectivity index (χ0) is 12.4. The maximum absolute atomic E-state index is 5.90. The number of nitrogens with zero attached hydrogens (tertiary/aromatic N) is 3. The summed E-state index contributed by atoms with van der Waals surface area (Å²) in [6, 6.07) is 5.26. The fourth-order valence-electron chi connectivity index (χ4n) is 1.22. The maximum atomic E-state index is 5.90. The highest BCUT2D eigenvalue weighted by Gasteiger charge is 1.99. The number of aromatic nitrogens is 3. The van der Waals surface area contributed by atoms with Gasteiger partial charge in [-0.05, 0) is 36.8 Å². The zero-order valence-corrected chi connectivity index (χ0v) is 11.1. The van der Waals surface area contributed by atoms with Crippen molar-refractivity contribution in [1.82, 2.24) is 14.9 Å². The minimum Gasteiger partial charge on any atom is -0.250 e. The highest BCUT2D eigenvalue weighted by Crippen LogP contribution is 2.21. The van der Waals surface area contributed by atoms with Crippen molar-refractivity contribution in [2.75, 3.05) is 0 Å². The van der Waals surface area contributed by atoms with Crippen LogP contribution in [-0.4, -0.2) is 21.1 Å². The van der Waals surface area contributed by atoms with Crippen LogP contribution < -0.4 is 0 Å². The Kier molecular flexibility index (Phi) is 3.61. The summed E-state index contributed by atoms with van der Waals surface area (Å²) in [5.41, 5.74) is 0.835. The third kappa shape index (κ3) is 2.74. The Bertz CT molecular complexity index is 629. The molecule has 0 saturated carbocycles. The maximum Gasteiger partial charge on any atom is 0.216 e. The van der Waals surface area contributed by atoms with Crippen molar-refractivity contribution in [3.05, 3.63) is 44.4 Å². The molecule has 0 spiro atoms. The molecule has 4 nitrogen and oxygen atoms in total. The average molecular weight is 287 g/mol. The molecule has 2 aromatic rings. The average Bonchev–Trinajstić information content (AvgIpc) is 2.61. The lowest BCUT2D eigenvalue weighted by Gasteiger charge is -1.97. The van der Waals surface area contributed by atoms with Crippen LogP contribution in [0.5, 0.6) is 0 Å². The summed E-state index contributed by atoms with van der Waals surface area (Å²) < 4.78 is 1.97. The third-order valence-corrected chi connectivity index (χ3v) is 3.08. The number of aryl methyl sites for hydroxylation is 1. The van der Waals surface area contributed by atoms with E-state index < -0.39 is 0 Å². The van der Waals surface area contributed by atoms with Gasteiger partial charge < -0.3 is 0 Å². The molecule has 2 rings (SSSR count). The Hall–Kier alpha value is -1.17.